The Hall–Kier alpha value is -1.41. The van der Waals surface area contributed by atoms with Crippen LogP contribution in [-0.2, 0) is 14.8 Å². The third kappa shape index (κ3) is 3.60. The molecule has 0 N–H and O–H groups in total. The first kappa shape index (κ1) is 18.4. The Kier molecular flexibility index (Phi) is 5.20. The Bertz CT molecular complexity index is 730. The normalized spacial score (nSPS) is 25.7. The number of hydrogen-bond acceptors (Lipinski definition) is 5. The fourth-order valence-electron chi connectivity index (χ4n) is 4.03. The van der Waals surface area contributed by atoms with E-state index in [1.807, 2.05) is 4.90 Å². The summed E-state index contributed by atoms with van der Waals surface area (Å²) in [5.74, 6) is 0.525. The van der Waals surface area contributed by atoms with Crippen LogP contribution in [0.2, 0.25) is 0 Å². The molecule has 2 aliphatic heterocycles. The number of aromatic nitrogens is 1. The SMILES string of the molecule is CCCCN1C[C@]2(CCCN(S(=O)(=O)c3cnoc3C)C2)CCC1=O. The number of nitrogens with zero attached hydrogens (tertiary/aromatic N) is 3. The molecule has 0 unspecified atom stereocenters. The predicted molar refractivity (Wildman–Crippen MR) is 92.4 cm³/mol. The summed E-state index contributed by atoms with van der Waals surface area (Å²) < 4.78 is 32.4. The number of unbranched alkanes of at least 4 members (excludes halogenated alkanes) is 1. The molecule has 8 heteroatoms. The van der Waals surface area contributed by atoms with Crippen LogP contribution in [-0.4, -0.2) is 54.9 Å². The fraction of sp³-hybridized carbons (Fsp3) is 0.765. The Morgan fingerprint density at radius 3 is 2.80 bits per heavy atom. The lowest BCUT2D eigenvalue weighted by molar-refractivity contribution is -0.138. The monoisotopic (exact) mass is 369 g/mol. The highest BCUT2D eigenvalue weighted by Gasteiger charge is 2.44. The maximum Gasteiger partial charge on any atom is 0.248 e. The summed E-state index contributed by atoms with van der Waals surface area (Å²) in [6.45, 7) is 6.15. The molecule has 7 nitrogen and oxygen atoms in total. The molecule has 2 fully saturated rings. The Labute approximate surface area is 149 Å². The molecule has 1 aromatic rings. The molecule has 0 bridgehead atoms. The van der Waals surface area contributed by atoms with Gasteiger partial charge >= 0.3 is 0 Å². The lowest BCUT2D eigenvalue weighted by atomic mass is 9.74. The van der Waals surface area contributed by atoms with Crippen LogP contribution >= 0.6 is 0 Å². The molecule has 0 radical (unpaired) electrons. The Morgan fingerprint density at radius 2 is 2.12 bits per heavy atom. The minimum absolute atomic E-state index is 0.127. The van der Waals surface area contributed by atoms with Gasteiger partial charge in [0.1, 0.15) is 4.90 Å². The molecular weight excluding hydrogens is 342 g/mol. The maximum absolute atomic E-state index is 13.0. The maximum atomic E-state index is 13.0. The molecule has 3 heterocycles. The predicted octanol–water partition coefficient (Wildman–Crippen LogP) is 2.18. The van der Waals surface area contributed by atoms with Gasteiger partial charge < -0.3 is 9.42 Å². The van der Waals surface area contributed by atoms with E-state index in [0.29, 0.717) is 31.8 Å². The van der Waals surface area contributed by atoms with Gasteiger partial charge in [0, 0.05) is 38.0 Å². The minimum atomic E-state index is -3.60. The van der Waals surface area contributed by atoms with Crippen molar-refractivity contribution in [3.8, 4) is 0 Å². The molecule has 25 heavy (non-hydrogen) atoms. The van der Waals surface area contributed by atoms with Gasteiger partial charge in [0.05, 0.1) is 6.20 Å². The third-order valence-corrected chi connectivity index (χ3v) is 7.42. The standard InChI is InChI=1S/C17H27N3O4S/c1-3-4-9-19-12-17(8-6-16(19)21)7-5-10-20(13-17)25(22,23)15-11-18-24-14(15)2/h11H,3-10,12-13H2,1-2H3/t17-/m0/s1. The van der Waals surface area contributed by atoms with E-state index in [4.69, 9.17) is 4.52 Å². The summed E-state index contributed by atoms with van der Waals surface area (Å²) in [6, 6.07) is 0. The molecule has 140 valence electrons. The average molecular weight is 369 g/mol. The molecule has 1 atom stereocenters. The van der Waals surface area contributed by atoms with E-state index in [-0.39, 0.29) is 16.2 Å². The second kappa shape index (κ2) is 7.07. The molecule has 1 spiro atoms. The molecule has 1 amide bonds. The van der Waals surface area contributed by atoms with Gasteiger partial charge in [-0.3, -0.25) is 4.79 Å². The molecule has 3 rings (SSSR count). The second-order valence-electron chi connectivity index (χ2n) is 7.36. The molecule has 2 aliphatic rings. The molecule has 2 saturated heterocycles. The van der Waals surface area contributed by atoms with Crippen molar-refractivity contribution in [3.05, 3.63) is 12.0 Å². The van der Waals surface area contributed by atoms with Crippen LogP contribution in [0.1, 0.15) is 51.2 Å². The largest absolute Gasteiger partial charge is 0.360 e. The van der Waals surface area contributed by atoms with Crippen LogP contribution in [0.5, 0.6) is 0 Å². The quantitative estimate of drug-likeness (QED) is 0.794. The van der Waals surface area contributed by atoms with E-state index in [1.165, 1.54) is 6.20 Å². The number of sulfonamides is 1. The van der Waals surface area contributed by atoms with Gasteiger partial charge in [-0.25, -0.2) is 8.42 Å². The first-order valence-corrected chi connectivity index (χ1v) is 10.5. The number of hydrogen-bond donors (Lipinski definition) is 0. The third-order valence-electron chi connectivity index (χ3n) is 5.48. The molecule has 1 aromatic heterocycles. The zero-order valence-corrected chi connectivity index (χ0v) is 15.8. The van der Waals surface area contributed by atoms with Crippen LogP contribution in [0.4, 0.5) is 0 Å². The number of carbonyl (C=O) groups excluding carboxylic acids is 1. The van der Waals surface area contributed by atoms with Crippen molar-refractivity contribution in [1.29, 1.82) is 0 Å². The Morgan fingerprint density at radius 1 is 1.32 bits per heavy atom. The van der Waals surface area contributed by atoms with Crippen LogP contribution in [0, 0.1) is 12.3 Å². The van der Waals surface area contributed by atoms with Crippen LogP contribution < -0.4 is 0 Å². The van der Waals surface area contributed by atoms with E-state index in [0.717, 1.165) is 38.6 Å². The summed E-state index contributed by atoms with van der Waals surface area (Å²) in [6.07, 6.45) is 6.39. The van der Waals surface area contributed by atoms with Crippen molar-refractivity contribution in [2.45, 2.75) is 57.3 Å². The van der Waals surface area contributed by atoms with E-state index in [9.17, 15) is 13.2 Å². The van der Waals surface area contributed by atoms with E-state index in [1.54, 1.807) is 11.2 Å². The van der Waals surface area contributed by atoms with Crippen LogP contribution in [0.25, 0.3) is 0 Å². The Balaban J connectivity index is 1.78. The highest BCUT2D eigenvalue weighted by molar-refractivity contribution is 7.89. The molecular formula is C17H27N3O4S. The molecule has 0 aromatic carbocycles. The zero-order chi connectivity index (χ0) is 18.1. The molecule has 0 saturated carbocycles. The summed E-state index contributed by atoms with van der Waals surface area (Å²) in [7, 11) is -3.60. The first-order valence-electron chi connectivity index (χ1n) is 9.07. The van der Waals surface area contributed by atoms with Crippen molar-refractivity contribution in [1.82, 2.24) is 14.4 Å². The molecule has 0 aliphatic carbocycles. The van der Waals surface area contributed by atoms with Gasteiger partial charge in [0.25, 0.3) is 0 Å². The number of amides is 1. The number of rotatable bonds is 5. The zero-order valence-electron chi connectivity index (χ0n) is 15.0. The van der Waals surface area contributed by atoms with Crippen molar-refractivity contribution < 1.29 is 17.7 Å². The summed E-state index contributed by atoms with van der Waals surface area (Å²) in [5, 5.41) is 3.61. The van der Waals surface area contributed by atoms with Crippen molar-refractivity contribution >= 4 is 15.9 Å². The van der Waals surface area contributed by atoms with E-state index < -0.39 is 10.0 Å². The smallest absolute Gasteiger partial charge is 0.248 e. The second-order valence-corrected chi connectivity index (χ2v) is 9.26. The van der Waals surface area contributed by atoms with E-state index >= 15 is 0 Å². The highest BCUT2D eigenvalue weighted by Crippen LogP contribution is 2.40. The van der Waals surface area contributed by atoms with Crippen molar-refractivity contribution in [2.75, 3.05) is 26.2 Å². The van der Waals surface area contributed by atoms with E-state index in [2.05, 4.69) is 12.1 Å². The summed E-state index contributed by atoms with van der Waals surface area (Å²) >= 11 is 0. The summed E-state index contributed by atoms with van der Waals surface area (Å²) in [5.41, 5.74) is -0.127. The average Bonchev–Trinajstić information content (AvgIpc) is 3.03. The van der Waals surface area contributed by atoms with Gasteiger partial charge in [-0.1, -0.05) is 18.5 Å². The number of likely N-dealkylation sites (tertiary alicyclic amines) is 1. The van der Waals surface area contributed by atoms with Crippen LogP contribution in [0.15, 0.2) is 15.6 Å². The highest BCUT2D eigenvalue weighted by atomic mass is 32.2. The first-order chi connectivity index (χ1) is 11.9. The fourth-order valence-corrected chi connectivity index (χ4v) is 5.70. The lowest BCUT2D eigenvalue weighted by Crippen LogP contribution is -2.55. The van der Waals surface area contributed by atoms with Gasteiger partial charge in [0.2, 0.25) is 15.9 Å². The lowest BCUT2D eigenvalue weighted by Gasteiger charge is -2.47. The number of piperidine rings is 2. The topological polar surface area (TPSA) is 83.7 Å². The number of aryl methyl sites for hydroxylation is 1. The summed E-state index contributed by atoms with van der Waals surface area (Å²) in [4.78, 5) is 14.3. The van der Waals surface area contributed by atoms with Gasteiger partial charge in [0.15, 0.2) is 5.76 Å². The van der Waals surface area contributed by atoms with Gasteiger partial charge in [-0.05, 0) is 32.6 Å². The minimum Gasteiger partial charge on any atom is -0.360 e. The van der Waals surface area contributed by atoms with Crippen molar-refractivity contribution in [2.24, 2.45) is 5.41 Å². The van der Waals surface area contributed by atoms with Crippen LogP contribution in [0.3, 0.4) is 0 Å². The number of carbonyl (C=O) groups is 1. The van der Waals surface area contributed by atoms with Gasteiger partial charge in [-0.2, -0.15) is 4.31 Å². The van der Waals surface area contributed by atoms with Gasteiger partial charge in [-0.15, -0.1) is 0 Å². The van der Waals surface area contributed by atoms with Crippen molar-refractivity contribution in [3.63, 3.8) is 0 Å².